The van der Waals surface area contributed by atoms with Gasteiger partial charge in [-0.3, -0.25) is 9.69 Å². The first-order chi connectivity index (χ1) is 7.99. The van der Waals surface area contributed by atoms with E-state index >= 15 is 0 Å². The van der Waals surface area contributed by atoms with E-state index in [0.29, 0.717) is 18.4 Å². The Morgan fingerprint density at radius 1 is 1.00 bits per heavy atom. The lowest BCUT2D eigenvalue weighted by molar-refractivity contribution is -0.123. The first kappa shape index (κ1) is 16.6. The molecule has 0 aromatic rings. The molecule has 0 spiro atoms. The number of nitrogens with zero attached hydrogens (tertiary/aromatic N) is 1. The highest BCUT2D eigenvalue weighted by atomic mass is 16.1. The summed E-state index contributed by atoms with van der Waals surface area (Å²) in [6.45, 7) is 12.3. The third kappa shape index (κ3) is 8.37. The predicted molar refractivity (Wildman–Crippen MR) is 75.3 cm³/mol. The number of rotatable bonds is 10. The van der Waals surface area contributed by atoms with Crippen molar-refractivity contribution in [2.75, 3.05) is 13.1 Å². The van der Waals surface area contributed by atoms with Crippen LogP contribution in [-0.4, -0.2) is 29.8 Å². The summed E-state index contributed by atoms with van der Waals surface area (Å²) in [5.41, 5.74) is 0. The Balaban J connectivity index is 3.87. The first-order valence-electron chi connectivity index (χ1n) is 7.25. The fraction of sp³-hybridized carbons (Fsp3) is 0.933. The average Bonchev–Trinajstić information content (AvgIpc) is 2.26. The molecule has 2 heteroatoms. The second-order valence-corrected chi connectivity index (χ2v) is 5.60. The second kappa shape index (κ2) is 9.64. The van der Waals surface area contributed by atoms with Gasteiger partial charge in [-0.25, -0.2) is 0 Å². The fourth-order valence-electron chi connectivity index (χ4n) is 1.82. The van der Waals surface area contributed by atoms with Gasteiger partial charge in [0.1, 0.15) is 5.78 Å². The predicted octanol–water partition coefficient (Wildman–Crippen LogP) is 3.89. The van der Waals surface area contributed by atoms with Gasteiger partial charge in [0.15, 0.2) is 0 Å². The summed E-state index contributed by atoms with van der Waals surface area (Å²) in [5, 5.41) is 0. The molecule has 0 rings (SSSR count). The van der Waals surface area contributed by atoms with Crippen LogP contribution in [0.5, 0.6) is 0 Å². The number of carbonyl (C=O) groups is 1. The van der Waals surface area contributed by atoms with E-state index in [-0.39, 0.29) is 5.92 Å². The number of unbranched alkanes of at least 4 members (excludes halogenated alkanes) is 4. The first-order valence-corrected chi connectivity index (χ1v) is 7.25. The molecule has 0 radical (unpaired) electrons. The molecule has 0 aromatic carbocycles. The molecule has 0 saturated heterocycles. The van der Waals surface area contributed by atoms with Gasteiger partial charge in [-0.2, -0.15) is 0 Å². The molecule has 0 unspecified atom stereocenters. The highest BCUT2D eigenvalue weighted by Crippen LogP contribution is 2.08. The molecule has 102 valence electrons. The highest BCUT2D eigenvalue weighted by Gasteiger charge is 2.15. The van der Waals surface area contributed by atoms with Gasteiger partial charge < -0.3 is 0 Å². The molecular formula is C15H31NO. The van der Waals surface area contributed by atoms with Gasteiger partial charge in [-0.15, -0.1) is 0 Å². The summed E-state index contributed by atoms with van der Waals surface area (Å²) in [7, 11) is 0. The van der Waals surface area contributed by atoms with Crippen LogP contribution in [0.3, 0.4) is 0 Å². The molecule has 0 aromatic heterocycles. The minimum atomic E-state index is 0.163. The maximum Gasteiger partial charge on any atom is 0.149 e. The zero-order valence-corrected chi connectivity index (χ0v) is 12.5. The van der Waals surface area contributed by atoms with Crippen LogP contribution in [0.25, 0.3) is 0 Å². The molecule has 0 N–H and O–H groups in total. The minimum Gasteiger partial charge on any atom is -0.298 e. The van der Waals surface area contributed by atoms with Crippen LogP contribution in [-0.2, 0) is 4.79 Å². The van der Waals surface area contributed by atoms with E-state index in [1.807, 2.05) is 13.8 Å². The third-order valence-electron chi connectivity index (χ3n) is 3.28. The van der Waals surface area contributed by atoms with Gasteiger partial charge in [-0.05, 0) is 26.8 Å². The van der Waals surface area contributed by atoms with Crippen LogP contribution in [0, 0.1) is 5.92 Å². The van der Waals surface area contributed by atoms with Crippen molar-refractivity contribution >= 4 is 5.78 Å². The van der Waals surface area contributed by atoms with Gasteiger partial charge in [0.05, 0.1) is 6.54 Å². The van der Waals surface area contributed by atoms with Gasteiger partial charge >= 0.3 is 0 Å². The van der Waals surface area contributed by atoms with E-state index in [2.05, 4.69) is 25.7 Å². The Bertz CT molecular complexity index is 199. The van der Waals surface area contributed by atoms with Crippen LogP contribution in [0.15, 0.2) is 0 Å². The zero-order valence-electron chi connectivity index (χ0n) is 12.5. The van der Waals surface area contributed by atoms with Crippen molar-refractivity contribution in [3.05, 3.63) is 0 Å². The Morgan fingerprint density at radius 3 is 2.06 bits per heavy atom. The second-order valence-electron chi connectivity index (χ2n) is 5.60. The number of Topliss-reactive ketones (excluding diaryl/α,β-unsaturated/α-hetero) is 1. The summed E-state index contributed by atoms with van der Waals surface area (Å²) in [4.78, 5) is 14.1. The number of hydrogen-bond donors (Lipinski definition) is 0. The summed E-state index contributed by atoms with van der Waals surface area (Å²) >= 11 is 0. The molecule has 0 aliphatic carbocycles. The molecule has 0 heterocycles. The molecular weight excluding hydrogens is 210 g/mol. The van der Waals surface area contributed by atoms with Gasteiger partial charge in [-0.1, -0.05) is 46.5 Å². The smallest absolute Gasteiger partial charge is 0.149 e. The normalized spacial score (nSPS) is 11.8. The van der Waals surface area contributed by atoms with Crippen molar-refractivity contribution in [2.24, 2.45) is 5.92 Å². The van der Waals surface area contributed by atoms with Crippen molar-refractivity contribution in [3.8, 4) is 0 Å². The fourth-order valence-corrected chi connectivity index (χ4v) is 1.82. The SMILES string of the molecule is CCCCCCCN(CC(=O)C(C)C)C(C)C. The van der Waals surface area contributed by atoms with E-state index in [1.54, 1.807) is 0 Å². The highest BCUT2D eigenvalue weighted by molar-refractivity contribution is 5.82. The standard InChI is InChI=1S/C15H31NO/c1-6-7-8-9-10-11-16(14(4)5)12-15(17)13(2)3/h13-14H,6-12H2,1-5H3. The van der Waals surface area contributed by atoms with E-state index in [0.717, 1.165) is 6.54 Å². The Kier molecular flexibility index (Phi) is 9.43. The number of ketones is 1. The van der Waals surface area contributed by atoms with Crippen LogP contribution >= 0.6 is 0 Å². The quantitative estimate of drug-likeness (QED) is 0.541. The topological polar surface area (TPSA) is 20.3 Å². The molecule has 0 bridgehead atoms. The van der Waals surface area contributed by atoms with Crippen LogP contribution in [0.2, 0.25) is 0 Å². The summed E-state index contributed by atoms with van der Waals surface area (Å²) in [6.07, 6.45) is 6.49. The molecule has 0 saturated carbocycles. The summed E-state index contributed by atoms with van der Waals surface area (Å²) in [6, 6.07) is 0.476. The van der Waals surface area contributed by atoms with Crippen LogP contribution < -0.4 is 0 Å². The minimum absolute atomic E-state index is 0.163. The molecule has 2 nitrogen and oxygen atoms in total. The van der Waals surface area contributed by atoms with Gasteiger partial charge in [0.25, 0.3) is 0 Å². The number of carbonyl (C=O) groups excluding carboxylic acids is 1. The lowest BCUT2D eigenvalue weighted by Gasteiger charge is -2.26. The zero-order chi connectivity index (χ0) is 13.3. The molecule has 0 amide bonds. The maximum absolute atomic E-state index is 11.8. The summed E-state index contributed by atoms with van der Waals surface area (Å²) in [5.74, 6) is 0.531. The van der Waals surface area contributed by atoms with E-state index in [4.69, 9.17) is 0 Å². The van der Waals surface area contributed by atoms with Crippen LogP contribution in [0.4, 0.5) is 0 Å². The van der Waals surface area contributed by atoms with Crippen LogP contribution in [0.1, 0.15) is 66.7 Å². The lowest BCUT2D eigenvalue weighted by atomic mass is 10.1. The Morgan fingerprint density at radius 2 is 1.59 bits per heavy atom. The maximum atomic E-state index is 11.8. The van der Waals surface area contributed by atoms with Crippen molar-refractivity contribution in [1.29, 1.82) is 0 Å². The van der Waals surface area contributed by atoms with Crippen molar-refractivity contribution in [1.82, 2.24) is 4.90 Å². The van der Waals surface area contributed by atoms with Crippen molar-refractivity contribution in [2.45, 2.75) is 72.8 Å². The molecule has 0 aliphatic heterocycles. The van der Waals surface area contributed by atoms with E-state index in [1.165, 1.54) is 32.1 Å². The molecule has 0 aliphatic rings. The largest absolute Gasteiger partial charge is 0.298 e. The molecule has 0 fully saturated rings. The lowest BCUT2D eigenvalue weighted by Crippen LogP contribution is -2.37. The Hall–Kier alpha value is -0.370. The average molecular weight is 241 g/mol. The molecule has 0 atom stereocenters. The van der Waals surface area contributed by atoms with Gasteiger partial charge in [0, 0.05) is 12.0 Å². The monoisotopic (exact) mass is 241 g/mol. The van der Waals surface area contributed by atoms with E-state index < -0.39 is 0 Å². The van der Waals surface area contributed by atoms with Crippen molar-refractivity contribution in [3.63, 3.8) is 0 Å². The molecule has 17 heavy (non-hydrogen) atoms. The van der Waals surface area contributed by atoms with E-state index in [9.17, 15) is 4.79 Å². The third-order valence-corrected chi connectivity index (χ3v) is 3.28. The number of hydrogen-bond acceptors (Lipinski definition) is 2. The Labute approximate surface area is 108 Å². The van der Waals surface area contributed by atoms with Gasteiger partial charge in [0.2, 0.25) is 0 Å². The van der Waals surface area contributed by atoms with Crippen molar-refractivity contribution < 1.29 is 4.79 Å². The summed E-state index contributed by atoms with van der Waals surface area (Å²) < 4.78 is 0.